The molecular weight excluding hydrogens is 219 g/mol. The van der Waals surface area contributed by atoms with Gasteiger partial charge in [-0.2, -0.15) is 13.2 Å². The van der Waals surface area contributed by atoms with Gasteiger partial charge in [-0.05, 0) is 12.1 Å². The topological polar surface area (TPSA) is 35.2 Å². The van der Waals surface area contributed by atoms with E-state index in [-0.39, 0.29) is 11.4 Å². The van der Waals surface area contributed by atoms with E-state index in [4.69, 9.17) is 22.1 Å². The molecule has 0 fully saturated rings. The van der Waals surface area contributed by atoms with Crippen LogP contribution < -0.4 is 10.5 Å². The third kappa shape index (κ3) is 1.87. The van der Waals surface area contributed by atoms with Gasteiger partial charge in [0, 0.05) is 0 Å². The second-order valence-electron chi connectivity index (χ2n) is 2.54. The number of halogens is 4. The van der Waals surface area contributed by atoms with E-state index in [9.17, 15) is 13.2 Å². The van der Waals surface area contributed by atoms with Crippen LogP contribution in [0, 0.1) is 0 Å². The van der Waals surface area contributed by atoms with Crippen molar-refractivity contribution < 1.29 is 17.9 Å². The van der Waals surface area contributed by atoms with E-state index in [0.717, 1.165) is 12.1 Å². The standard InChI is InChI=1S/C8H7ClF3NO/c1-14-5-3-2-4(8(10,11)12)6(9)7(5)13/h2-3H,13H2,1H3. The summed E-state index contributed by atoms with van der Waals surface area (Å²) in [4.78, 5) is 0. The van der Waals surface area contributed by atoms with E-state index in [1.165, 1.54) is 7.11 Å². The zero-order chi connectivity index (χ0) is 10.9. The molecule has 14 heavy (non-hydrogen) atoms. The number of methoxy groups -OCH3 is 1. The van der Waals surface area contributed by atoms with Crippen molar-refractivity contribution in [2.24, 2.45) is 0 Å². The van der Waals surface area contributed by atoms with Crippen molar-refractivity contribution in [2.75, 3.05) is 12.8 Å². The molecule has 0 saturated heterocycles. The minimum Gasteiger partial charge on any atom is -0.495 e. The van der Waals surface area contributed by atoms with E-state index < -0.39 is 16.8 Å². The first-order valence-corrected chi connectivity index (χ1v) is 3.95. The average Bonchev–Trinajstić information content (AvgIpc) is 2.07. The first kappa shape index (κ1) is 11.0. The molecule has 0 spiro atoms. The Balaban J connectivity index is 3.31. The maximum absolute atomic E-state index is 12.3. The van der Waals surface area contributed by atoms with Gasteiger partial charge in [-0.3, -0.25) is 0 Å². The summed E-state index contributed by atoms with van der Waals surface area (Å²) in [6.07, 6.45) is -4.50. The number of benzene rings is 1. The molecule has 0 aromatic heterocycles. The molecule has 0 atom stereocenters. The molecule has 0 radical (unpaired) electrons. The molecule has 6 heteroatoms. The van der Waals surface area contributed by atoms with Crippen molar-refractivity contribution in [1.82, 2.24) is 0 Å². The highest BCUT2D eigenvalue weighted by atomic mass is 35.5. The zero-order valence-electron chi connectivity index (χ0n) is 7.15. The van der Waals surface area contributed by atoms with Gasteiger partial charge in [0.25, 0.3) is 0 Å². The molecule has 0 aliphatic heterocycles. The molecule has 2 nitrogen and oxygen atoms in total. The molecule has 1 aromatic carbocycles. The van der Waals surface area contributed by atoms with Gasteiger partial charge in [0.05, 0.1) is 23.4 Å². The van der Waals surface area contributed by atoms with Gasteiger partial charge in [0.1, 0.15) is 5.75 Å². The summed E-state index contributed by atoms with van der Waals surface area (Å²) in [5, 5.41) is -0.531. The van der Waals surface area contributed by atoms with Crippen LogP contribution in [0.5, 0.6) is 5.75 Å². The Morgan fingerprint density at radius 2 is 1.93 bits per heavy atom. The molecule has 0 saturated carbocycles. The zero-order valence-corrected chi connectivity index (χ0v) is 7.91. The lowest BCUT2D eigenvalue weighted by Crippen LogP contribution is -2.07. The Kier molecular flexibility index (Phi) is 2.80. The van der Waals surface area contributed by atoms with Crippen LogP contribution in [0.15, 0.2) is 12.1 Å². The third-order valence-electron chi connectivity index (χ3n) is 1.67. The quantitative estimate of drug-likeness (QED) is 0.746. The number of alkyl halides is 3. The van der Waals surface area contributed by atoms with E-state index in [0.29, 0.717) is 0 Å². The van der Waals surface area contributed by atoms with Crippen molar-refractivity contribution in [3.8, 4) is 5.75 Å². The molecule has 0 bridgehead atoms. The van der Waals surface area contributed by atoms with E-state index in [1.807, 2.05) is 0 Å². The monoisotopic (exact) mass is 225 g/mol. The molecule has 0 amide bonds. The van der Waals surface area contributed by atoms with Crippen LogP contribution in [0.25, 0.3) is 0 Å². The van der Waals surface area contributed by atoms with Crippen molar-refractivity contribution in [2.45, 2.75) is 6.18 Å². The summed E-state index contributed by atoms with van der Waals surface area (Å²) in [6, 6.07) is 1.96. The number of hydrogen-bond donors (Lipinski definition) is 1. The van der Waals surface area contributed by atoms with Gasteiger partial charge < -0.3 is 10.5 Å². The second-order valence-corrected chi connectivity index (χ2v) is 2.92. The van der Waals surface area contributed by atoms with Gasteiger partial charge in [0.2, 0.25) is 0 Å². The number of nitrogens with two attached hydrogens (primary N) is 1. The van der Waals surface area contributed by atoms with Crippen molar-refractivity contribution in [3.63, 3.8) is 0 Å². The van der Waals surface area contributed by atoms with Crippen LogP contribution >= 0.6 is 11.6 Å². The Bertz CT molecular complexity index is 351. The Hall–Kier alpha value is -1.10. The van der Waals surface area contributed by atoms with E-state index >= 15 is 0 Å². The lowest BCUT2D eigenvalue weighted by atomic mass is 10.2. The third-order valence-corrected chi connectivity index (χ3v) is 2.07. The van der Waals surface area contributed by atoms with Crippen LogP contribution in [0.2, 0.25) is 5.02 Å². The molecule has 0 heterocycles. The predicted molar refractivity (Wildman–Crippen MR) is 47.4 cm³/mol. The second kappa shape index (κ2) is 3.57. The molecule has 0 aliphatic carbocycles. The Morgan fingerprint density at radius 3 is 2.36 bits per heavy atom. The summed E-state index contributed by atoms with van der Waals surface area (Å²) >= 11 is 5.44. The van der Waals surface area contributed by atoms with Crippen LogP contribution in [0.4, 0.5) is 18.9 Å². The minimum atomic E-state index is -4.50. The first-order valence-electron chi connectivity index (χ1n) is 3.57. The molecule has 1 rings (SSSR count). The van der Waals surface area contributed by atoms with Gasteiger partial charge in [-0.25, -0.2) is 0 Å². The summed E-state index contributed by atoms with van der Waals surface area (Å²) in [5.41, 5.74) is 4.17. The van der Waals surface area contributed by atoms with Crippen LogP contribution in [-0.4, -0.2) is 7.11 Å². The van der Waals surface area contributed by atoms with Crippen LogP contribution in [-0.2, 0) is 6.18 Å². The highest BCUT2D eigenvalue weighted by Gasteiger charge is 2.34. The molecule has 0 aliphatic rings. The predicted octanol–water partition coefficient (Wildman–Crippen LogP) is 2.95. The normalized spacial score (nSPS) is 11.5. The minimum absolute atomic E-state index is 0.128. The maximum atomic E-state index is 12.3. The molecule has 2 N–H and O–H groups in total. The molecule has 0 unspecified atom stereocenters. The maximum Gasteiger partial charge on any atom is 0.417 e. The fourth-order valence-electron chi connectivity index (χ4n) is 0.972. The fourth-order valence-corrected chi connectivity index (χ4v) is 1.24. The number of nitrogen functional groups attached to an aromatic ring is 1. The largest absolute Gasteiger partial charge is 0.495 e. The summed E-state index contributed by atoms with van der Waals surface area (Å²) < 4.78 is 41.6. The highest BCUT2D eigenvalue weighted by molar-refractivity contribution is 6.34. The highest BCUT2D eigenvalue weighted by Crippen LogP contribution is 2.40. The summed E-state index contributed by atoms with van der Waals surface area (Å²) in [5.74, 6) is 0.128. The number of hydrogen-bond acceptors (Lipinski definition) is 2. The fraction of sp³-hybridized carbons (Fsp3) is 0.250. The smallest absolute Gasteiger partial charge is 0.417 e. The van der Waals surface area contributed by atoms with Gasteiger partial charge in [0.15, 0.2) is 0 Å². The lowest BCUT2D eigenvalue weighted by Gasteiger charge is -2.12. The molecule has 1 aromatic rings. The van der Waals surface area contributed by atoms with Crippen molar-refractivity contribution in [1.29, 1.82) is 0 Å². The van der Waals surface area contributed by atoms with E-state index in [1.54, 1.807) is 0 Å². The summed E-state index contributed by atoms with van der Waals surface area (Å²) in [6.45, 7) is 0. The summed E-state index contributed by atoms with van der Waals surface area (Å²) in [7, 11) is 1.30. The molecule has 78 valence electrons. The Labute approximate surface area is 83.4 Å². The number of rotatable bonds is 1. The van der Waals surface area contributed by atoms with Crippen LogP contribution in [0.3, 0.4) is 0 Å². The van der Waals surface area contributed by atoms with Gasteiger partial charge >= 0.3 is 6.18 Å². The Morgan fingerprint density at radius 1 is 1.36 bits per heavy atom. The van der Waals surface area contributed by atoms with Crippen LogP contribution in [0.1, 0.15) is 5.56 Å². The van der Waals surface area contributed by atoms with Gasteiger partial charge in [-0.15, -0.1) is 0 Å². The van der Waals surface area contributed by atoms with E-state index in [2.05, 4.69) is 0 Å². The number of anilines is 1. The lowest BCUT2D eigenvalue weighted by molar-refractivity contribution is -0.137. The van der Waals surface area contributed by atoms with Gasteiger partial charge in [-0.1, -0.05) is 11.6 Å². The SMILES string of the molecule is COc1ccc(C(F)(F)F)c(Cl)c1N. The average molecular weight is 226 g/mol. The van der Waals surface area contributed by atoms with Crippen molar-refractivity contribution >= 4 is 17.3 Å². The first-order chi connectivity index (χ1) is 6.38. The molecular formula is C8H7ClF3NO. The van der Waals surface area contributed by atoms with Crippen molar-refractivity contribution in [3.05, 3.63) is 22.7 Å². The number of ether oxygens (including phenoxy) is 1.